The second kappa shape index (κ2) is 4.65. The van der Waals surface area contributed by atoms with Crippen molar-refractivity contribution in [2.24, 2.45) is 0 Å². The van der Waals surface area contributed by atoms with Crippen LogP contribution in [-0.4, -0.2) is 21.1 Å². The molecule has 1 amide bonds. The first-order valence-electron chi connectivity index (χ1n) is 5.08. The Labute approximate surface area is 100 Å². The first-order chi connectivity index (χ1) is 8.63. The molecule has 0 saturated carbocycles. The van der Waals surface area contributed by atoms with Crippen LogP contribution in [-0.2, 0) is 4.79 Å². The lowest BCUT2D eigenvalue weighted by atomic mass is 10.2. The predicted molar refractivity (Wildman–Crippen MR) is 60.5 cm³/mol. The number of hydrogen-bond donors (Lipinski definition) is 2. The molecule has 0 unspecified atom stereocenters. The Morgan fingerprint density at radius 3 is 2.83 bits per heavy atom. The summed E-state index contributed by atoms with van der Waals surface area (Å²) in [6.45, 7) is 1.69. The Bertz CT molecular complexity index is 608. The van der Waals surface area contributed by atoms with Crippen LogP contribution in [0.1, 0.15) is 13.3 Å². The minimum Gasteiger partial charge on any atom is -0.296 e. The Kier molecular flexibility index (Phi) is 3.04. The molecule has 94 valence electrons. The van der Waals surface area contributed by atoms with Gasteiger partial charge in [-0.15, -0.1) is 0 Å². The topological polar surface area (TPSA) is 123 Å². The van der Waals surface area contributed by atoms with E-state index in [-0.39, 0.29) is 22.6 Å². The van der Waals surface area contributed by atoms with Gasteiger partial charge in [-0.2, -0.15) is 0 Å². The van der Waals surface area contributed by atoms with E-state index in [0.29, 0.717) is 12.1 Å². The van der Waals surface area contributed by atoms with Crippen LogP contribution < -0.4 is 10.9 Å². The molecule has 0 aliphatic heterocycles. The van der Waals surface area contributed by atoms with Crippen molar-refractivity contribution in [1.82, 2.24) is 15.7 Å². The zero-order valence-electron chi connectivity index (χ0n) is 9.34. The van der Waals surface area contributed by atoms with Crippen LogP contribution in [0.15, 0.2) is 16.8 Å². The lowest BCUT2D eigenvalue weighted by Gasteiger charge is -2.06. The first kappa shape index (κ1) is 11.8. The molecule has 2 rings (SSSR count). The minimum absolute atomic E-state index is 0.0238. The van der Waals surface area contributed by atoms with Gasteiger partial charge >= 0.3 is 5.69 Å². The van der Waals surface area contributed by atoms with Gasteiger partial charge in [0.2, 0.25) is 11.4 Å². The van der Waals surface area contributed by atoms with Gasteiger partial charge in [0.05, 0.1) is 10.6 Å². The largest absolute Gasteiger partial charge is 0.300 e. The van der Waals surface area contributed by atoms with E-state index in [1.165, 1.54) is 12.1 Å². The molecule has 1 aromatic heterocycles. The Balaban J connectivity index is 2.36. The molecule has 9 nitrogen and oxygen atoms in total. The second-order valence-electron chi connectivity index (χ2n) is 3.38. The molecule has 0 saturated heterocycles. The van der Waals surface area contributed by atoms with Crippen molar-refractivity contribution in [1.29, 1.82) is 0 Å². The summed E-state index contributed by atoms with van der Waals surface area (Å²) in [5, 5.41) is 17.8. The second-order valence-corrected chi connectivity index (χ2v) is 3.38. The molecule has 2 N–H and O–H groups in total. The van der Waals surface area contributed by atoms with E-state index in [1.54, 1.807) is 6.92 Å². The van der Waals surface area contributed by atoms with Crippen molar-refractivity contribution in [3.63, 3.8) is 0 Å². The van der Waals surface area contributed by atoms with Gasteiger partial charge < -0.3 is 0 Å². The number of nitrogens with zero attached hydrogens (tertiary/aromatic N) is 3. The first-order valence-corrected chi connectivity index (χ1v) is 5.08. The van der Waals surface area contributed by atoms with Crippen molar-refractivity contribution in [2.75, 3.05) is 5.43 Å². The number of carbonyl (C=O) groups excluding carboxylic acids is 1. The number of aromatic nitrogens is 2. The van der Waals surface area contributed by atoms with Gasteiger partial charge in [-0.05, 0) is 16.4 Å². The minimum atomic E-state index is -0.582. The van der Waals surface area contributed by atoms with Crippen LogP contribution in [0.4, 0.5) is 11.4 Å². The third kappa shape index (κ3) is 2.05. The van der Waals surface area contributed by atoms with Gasteiger partial charge in [0, 0.05) is 12.5 Å². The fourth-order valence-corrected chi connectivity index (χ4v) is 1.33. The SMILES string of the molecule is CCC(=O)NNc1ccc([N+](=O)[O-])c2nonc12. The van der Waals surface area contributed by atoms with Crippen LogP contribution in [0, 0.1) is 10.1 Å². The number of non-ortho nitro benzene ring substituents is 1. The lowest BCUT2D eigenvalue weighted by molar-refractivity contribution is -0.383. The number of carbonyl (C=O) groups is 1. The van der Waals surface area contributed by atoms with E-state index in [2.05, 4.69) is 25.8 Å². The van der Waals surface area contributed by atoms with Crippen LogP contribution in [0.3, 0.4) is 0 Å². The van der Waals surface area contributed by atoms with Crippen molar-refractivity contribution < 1.29 is 14.3 Å². The summed E-state index contributed by atoms with van der Waals surface area (Å²) >= 11 is 0. The standard InChI is InChI=1S/C9H9N5O4/c1-2-7(15)11-10-5-3-4-6(14(16)17)9-8(5)12-18-13-9/h3-4,10H,2H2,1H3,(H,11,15). The molecule has 9 heteroatoms. The maximum absolute atomic E-state index is 11.1. The van der Waals surface area contributed by atoms with E-state index in [1.807, 2.05) is 0 Å². The predicted octanol–water partition coefficient (Wildman–Crippen LogP) is 0.984. The highest BCUT2D eigenvalue weighted by Gasteiger charge is 2.19. The van der Waals surface area contributed by atoms with Crippen molar-refractivity contribution >= 4 is 28.3 Å². The van der Waals surface area contributed by atoms with Crippen LogP contribution in [0.2, 0.25) is 0 Å². The third-order valence-corrected chi connectivity index (χ3v) is 2.25. The number of nitrogens with one attached hydrogen (secondary N) is 2. The average Bonchev–Trinajstić information content (AvgIpc) is 2.84. The molecule has 2 aromatic rings. The van der Waals surface area contributed by atoms with Gasteiger partial charge in [-0.25, -0.2) is 4.63 Å². The summed E-state index contributed by atoms with van der Waals surface area (Å²) in [6, 6.07) is 2.67. The third-order valence-electron chi connectivity index (χ3n) is 2.25. The van der Waals surface area contributed by atoms with Crippen LogP contribution >= 0.6 is 0 Å². The maximum Gasteiger partial charge on any atom is 0.300 e. The van der Waals surface area contributed by atoms with E-state index >= 15 is 0 Å². The molecule has 0 aliphatic carbocycles. The van der Waals surface area contributed by atoms with E-state index in [9.17, 15) is 14.9 Å². The van der Waals surface area contributed by atoms with Gasteiger partial charge in [-0.1, -0.05) is 6.92 Å². The fourth-order valence-electron chi connectivity index (χ4n) is 1.33. The number of rotatable bonds is 4. The monoisotopic (exact) mass is 251 g/mol. The average molecular weight is 251 g/mol. The molecule has 0 fully saturated rings. The number of nitro groups is 1. The Hall–Kier alpha value is -2.71. The summed E-state index contributed by atoms with van der Waals surface area (Å²) in [7, 11) is 0. The quantitative estimate of drug-likeness (QED) is 0.613. The van der Waals surface area contributed by atoms with E-state index in [0.717, 1.165) is 0 Å². The summed E-state index contributed by atoms with van der Waals surface area (Å²) in [5.74, 6) is -0.224. The molecular weight excluding hydrogens is 242 g/mol. The number of amides is 1. The normalized spacial score (nSPS) is 10.3. The zero-order valence-corrected chi connectivity index (χ0v) is 9.34. The van der Waals surface area contributed by atoms with Crippen molar-refractivity contribution in [2.45, 2.75) is 13.3 Å². The van der Waals surface area contributed by atoms with E-state index in [4.69, 9.17) is 0 Å². The highest BCUT2D eigenvalue weighted by Crippen LogP contribution is 2.28. The van der Waals surface area contributed by atoms with Crippen LogP contribution in [0.5, 0.6) is 0 Å². The zero-order chi connectivity index (χ0) is 13.1. The number of fused-ring (bicyclic) bond motifs is 1. The lowest BCUT2D eigenvalue weighted by Crippen LogP contribution is -2.28. The molecule has 0 bridgehead atoms. The molecular formula is C9H9N5O4. The molecule has 18 heavy (non-hydrogen) atoms. The molecule has 0 radical (unpaired) electrons. The number of anilines is 1. The van der Waals surface area contributed by atoms with Gasteiger partial charge in [0.25, 0.3) is 0 Å². The Morgan fingerprint density at radius 2 is 2.17 bits per heavy atom. The fraction of sp³-hybridized carbons (Fsp3) is 0.222. The maximum atomic E-state index is 11.1. The van der Waals surface area contributed by atoms with Crippen LogP contribution in [0.25, 0.3) is 11.0 Å². The smallest absolute Gasteiger partial charge is 0.296 e. The van der Waals surface area contributed by atoms with E-state index < -0.39 is 4.92 Å². The summed E-state index contributed by atoms with van der Waals surface area (Å²) in [6.07, 6.45) is 0.306. The molecule has 0 atom stereocenters. The number of hydrogen-bond acceptors (Lipinski definition) is 7. The summed E-state index contributed by atoms with van der Waals surface area (Å²) in [5.41, 5.74) is 5.39. The highest BCUT2D eigenvalue weighted by atomic mass is 16.6. The molecule has 1 heterocycles. The number of benzene rings is 1. The molecule has 0 aliphatic rings. The van der Waals surface area contributed by atoms with Gasteiger partial charge in [0.15, 0.2) is 5.52 Å². The Morgan fingerprint density at radius 1 is 1.44 bits per heavy atom. The molecule has 1 aromatic carbocycles. The van der Waals surface area contributed by atoms with Gasteiger partial charge in [0.1, 0.15) is 0 Å². The van der Waals surface area contributed by atoms with Gasteiger partial charge in [-0.3, -0.25) is 25.8 Å². The summed E-state index contributed by atoms with van der Waals surface area (Å²) < 4.78 is 4.47. The number of nitro benzene ring substituents is 1. The molecule has 0 spiro atoms. The number of hydrazine groups is 1. The van der Waals surface area contributed by atoms with Crippen molar-refractivity contribution in [3.8, 4) is 0 Å². The van der Waals surface area contributed by atoms with Crippen molar-refractivity contribution in [3.05, 3.63) is 22.2 Å². The summed E-state index contributed by atoms with van der Waals surface area (Å²) in [4.78, 5) is 21.3. The highest BCUT2D eigenvalue weighted by molar-refractivity contribution is 5.94.